The van der Waals surface area contributed by atoms with E-state index in [4.69, 9.17) is 5.11 Å². The van der Waals surface area contributed by atoms with E-state index in [-0.39, 0.29) is 6.61 Å². The maximum Gasteiger partial charge on any atom is 0.127 e. The molecular weight excluding hydrogens is 200 g/mol. The third-order valence-electron chi connectivity index (χ3n) is 2.27. The van der Waals surface area contributed by atoms with Gasteiger partial charge in [0.1, 0.15) is 11.6 Å². The van der Waals surface area contributed by atoms with Crippen molar-refractivity contribution in [2.75, 3.05) is 19.7 Å². The first-order valence-corrected chi connectivity index (χ1v) is 4.94. The van der Waals surface area contributed by atoms with Crippen molar-refractivity contribution in [3.8, 4) is 0 Å². The van der Waals surface area contributed by atoms with Gasteiger partial charge >= 0.3 is 0 Å². The summed E-state index contributed by atoms with van der Waals surface area (Å²) in [5.74, 6) is -0.848. The number of hydrogen-bond donors (Lipinski definition) is 1. The first-order chi connectivity index (χ1) is 7.17. The first-order valence-electron chi connectivity index (χ1n) is 4.94. The van der Waals surface area contributed by atoms with Gasteiger partial charge in [0.25, 0.3) is 0 Å². The number of rotatable bonds is 5. The minimum Gasteiger partial charge on any atom is -0.395 e. The molecule has 0 saturated carbocycles. The van der Waals surface area contributed by atoms with Crippen LogP contribution in [0.5, 0.6) is 0 Å². The van der Waals surface area contributed by atoms with Crippen LogP contribution in [-0.4, -0.2) is 29.7 Å². The highest BCUT2D eigenvalue weighted by molar-refractivity contribution is 5.18. The smallest absolute Gasteiger partial charge is 0.127 e. The molecule has 0 saturated heterocycles. The summed E-state index contributed by atoms with van der Waals surface area (Å²) < 4.78 is 26.1. The predicted octanol–water partition coefficient (Wildman–Crippen LogP) is 1.78. The third-order valence-corrected chi connectivity index (χ3v) is 2.27. The summed E-state index contributed by atoms with van der Waals surface area (Å²) in [5, 5.41) is 8.76. The van der Waals surface area contributed by atoms with Gasteiger partial charge in [-0.05, 0) is 24.7 Å². The molecule has 0 fully saturated rings. The summed E-state index contributed by atoms with van der Waals surface area (Å²) in [5.41, 5.74) is 0.324. The topological polar surface area (TPSA) is 23.5 Å². The monoisotopic (exact) mass is 215 g/mol. The van der Waals surface area contributed by atoms with Crippen LogP contribution in [0.1, 0.15) is 12.5 Å². The second-order valence-electron chi connectivity index (χ2n) is 3.33. The van der Waals surface area contributed by atoms with E-state index in [1.165, 1.54) is 6.07 Å². The van der Waals surface area contributed by atoms with Gasteiger partial charge in [0.2, 0.25) is 0 Å². The van der Waals surface area contributed by atoms with Gasteiger partial charge in [-0.3, -0.25) is 4.90 Å². The van der Waals surface area contributed by atoms with Gasteiger partial charge in [-0.2, -0.15) is 0 Å². The van der Waals surface area contributed by atoms with Crippen molar-refractivity contribution in [3.05, 3.63) is 35.4 Å². The van der Waals surface area contributed by atoms with Crippen LogP contribution in [0.4, 0.5) is 8.78 Å². The standard InChI is InChI=1S/C11H15F2NO/c1-2-14(5-6-15)8-9-7-10(12)3-4-11(9)13/h3-4,7,15H,2,5-6,8H2,1H3. The molecule has 1 aromatic carbocycles. The number of halogens is 2. The molecule has 15 heavy (non-hydrogen) atoms. The van der Waals surface area contributed by atoms with Gasteiger partial charge in [-0.25, -0.2) is 8.78 Å². The molecule has 2 nitrogen and oxygen atoms in total. The summed E-state index contributed by atoms with van der Waals surface area (Å²) >= 11 is 0. The zero-order valence-corrected chi connectivity index (χ0v) is 8.71. The Morgan fingerprint density at radius 2 is 2.07 bits per heavy atom. The van der Waals surface area contributed by atoms with Crippen molar-refractivity contribution in [1.82, 2.24) is 4.90 Å². The van der Waals surface area contributed by atoms with E-state index in [0.29, 0.717) is 25.2 Å². The quantitative estimate of drug-likeness (QED) is 0.809. The Balaban J connectivity index is 2.73. The molecule has 0 atom stereocenters. The molecule has 0 aromatic heterocycles. The van der Waals surface area contributed by atoms with Crippen LogP contribution in [0.2, 0.25) is 0 Å². The lowest BCUT2D eigenvalue weighted by Crippen LogP contribution is -2.26. The zero-order valence-electron chi connectivity index (χ0n) is 8.71. The van der Waals surface area contributed by atoms with Crippen LogP contribution in [0, 0.1) is 11.6 Å². The SMILES string of the molecule is CCN(CCO)Cc1cc(F)ccc1F. The van der Waals surface area contributed by atoms with E-state index in [0.717, 1.165) is 12.1 Å². The van der Waals surface area contributed by atoms with E-state index < -0.39 is 11.6 Å². The molecule has 0 bridgehead atoms. The molecule has 1 aromatic rings. The number of aliphatic hydroxyl groups excluding tert-OH is 1. The van der Waals surface area contributed by atoms with Crippen molar-refractivity contribution < 1.29 is 13.9 Å². The summed E-state index contributed by atoms with van der Waals surface area (Å²) in [4.78, 5) is 1.85. The number of nitrogens with zero attached hydrogens (tertiary/aromatic N) is 1. The fourth-order valence-electron chi connectivity index (χ4n) is 1.40. The molecule has 0 heterocycles. The van der Waals surface area contributed by atoms with Gasteiger partial charge in [-0.15, -0.1) is 0 Å². The van der Waals surface area contributed by atoms with Crippen molar-refractivity contribution in [2.45, 2.75) is 13.5 Å². The Labute approximate surface area is 88.1 Å². The Morgan fingerprint density at radius 1 is 1.33 bits per heavy atom. The van der Waals surface area contributed by atoms with E-state index in [1.807, 2.05) is 11.8 Å². The molecule has 0 unspecified atom stereocenters. The average Bonchev–Trinajstić information content (AvgIpc) is 2.22. The number of benzene rings is 1. The van der Waals surface area contributed by atoms with Gasteiger partial charge in [0.15, 0.2) is 0 Å². The van der Waals surface area contributed by atoms with E-state index >= 15 is 0 Å². The number of likely N-dealkylation sites (N-methyl/N-ethyl adjacent to an activating group) is 1. The lowest BCUT2D eigenvalue weighted by atomic mass is 10.2. The van der Waals surface area contributed by atoms with Gasteiger partial charge in [0, 0.05) is 18.7 Å². The van der Waals surface area contributed by atoms with Crippen LogP contribution in [0.25, 0.3) is 0 Å². The van der Waals surface area contributed by atoms with Gasteiger partial charge in [0.05, 0.1) is 6.61 Å². The third kappa shape index (κ3) is 3.57. The lowest BCUT2D eigenvalue weighted by Gasteiger charge is -2.19. The molecule has 0 radical (unpaired) electrons. The van der Waals surface area contributed by atoms with Crippen LogP contribution >= 0.6 is 0 Å². The largest absolute Gasteiger partial charge is 0.395 e. The molecule has 1 rings (SSSR count). The molecule has 84 valence electrons. The molecular formula is C11H15F2NO. The highest BCUT2D eigenvalue weighted by Crippen LogP contribution is 2.12. The Kier molecular flexibility index (Phi) is 4.65. The Hall–Kier alpha value is -1.00. The summed E-state index contributed by atoms with van der Waals surface area (Å²) in [6, 6.07) is 3.41. The molecule has 0 aliphatic heterocycles. The minimum absolute atomic E-state index is 0.0186. The van der Waals surface area contributed by atoms with Crippen LogP contribution in [-0.2, 0) is 6.54 Å². The fraction of sp³-hybridized carbons (Fsp3) is 0.455. The summed E-state index contributed by atoms with van der Waals surface area (Å²) in [7, 11) is 0. The van der Waals surface area contributed by atoms with Crippen molar-refractivity contribution in [1.29, 1.82) is 0 Å². The van der Waals surface area contributed by atoms with Crippen molar-refractivity contribution in [2.24, 2.45) is 0 Å². The Morgan fingerprint density at radius 3 is 2.67 bits per heavy atom. The van der Waals surface area contributed by atoms with Gasteiger partial charge < -0.3 is 5.11 Å². The predicted molar refractivity (Wildman–Crippen MR) is 54.4 cm³/mol. The summed E-state index contributed by atoms with van der Waals surface area (Å²) in [6.07, 6.45) is 0. The van der Waals surface area contributed by atoms with Crippen LogP contribution in [0.15, 0.2) is 18.2 Å². The first kappa shape index (κ1) is 12.1. The van der Waals surface area contributed by atoms with E-state index in [9.17, 15) is 8.78 Å². The fourth-order valence-corrected chi connectivity index (χ4v) is 1.40. The molecule has 0 aliphatic rings. The second-order valence-corrected chi connectivity index (χ2v) is 3.33. The molecule has 0 aliphatic carbocycles. The van der Waals surface area contributed by atoms with Crippen LogP contribution in [0.3, 0.4) is 0 Å². The Bertz CT molecular complexity index is 317. The van der Waals surface area contributed by atoms with Crippen molar-refractivity contribution >= 4 is 0 Å². The van der Waals surface area contributed by atoms with E-state index in [2.05, 4.69) is 0 Å². The average molecular weight is 215 g/mol. The van der Waals surface area contributed by atoms with Crippen LogP contribution < -0.4 is 0 Å². The van der Waals surface area contributed by atoms with E-state index in [1.54, 1.807) is 0 Å². The van der Waals surface area contributed by atoms with Gasteiger partial charge in [-0.1, -0.05) is 6.92 Å². The lowest BCUT2D eigenvalue weighted by molar-refractivity contribution is 0.195. The molecule has 0 spiro atoms. The highest BCUT2D eigenvalue weighted by atomic mass is 19.1. The number of aliphatic hydroxyl groups is 1. The maximum atomic E-state index is 13.3. The normalized spacial score (nSPS) is 11.0. The molecule has 0 amide bonds. The minimum atomic E-state index is -0.438. The maximum absolute atomic E-state index is 13.3. The van der Waals surface area contributed by atoms with Crippen molar-refractivity contribution in [3.63, 3.8) is 0 Å². The number of hydrogen-bond acceptors (Lipinski definition) is 2. The molecule has 4 heteroatoms. The zero-order chi connectivity index (χ0) is 11.3. The second kappa shape index (κ2) is 5.78. The highest BCUT2D eigenvalue weighted by Gasteiger charge is 2.08. The molecule has 1 N–H and O–H groups in total. The summed E-state index contributed by atoms with van der Waals surface area (Å²) in [6.45, 7) is 3.40.